The van der Waals surface area contributed by atoms with Gasteiger partial charge in [-0.15, -0.1) is 0 Å². The molecule has 0 aliphatic heterocycles. The molecule has 7 heteroatoms. The number of phenols is 2. The molecule has 3 rings (SSSR count). The van der Waals surface area contributed by atoms with Crippen molar-refractivity contribution in [2.24, 2.45) is 9.98 Å². The van der Waals surface area contributed by atoms with Gasteiger partial charge in [-0.3, -0.25) is 14.8 Å². The van der Waals surface area contributed by atoms with E-state index in [9.17, 15) is 10.2 Å². The Morgan fingerprint density at radius 3 is 1.18 bits per heavy atom. The second kappa shape index (κ2) is 15.3. The molecule has 0 bridgehead atoms. The molecule has 2 unspecified atom stereocenters. The molecule has 0 amide bonds. The van der Waals surface area contributed by atoms with Crippen LogP contribution in [0.3, 0.4) is 0 Å². The van der Waals surface area contributed by atoms with Gasteiger partial charge < -0.3 is 15.3 Å². The van der Waals surface area contributed by atoms with Crippen molar-refractivity contribution in [3.8, 4) is 11.5 Å². The molecule has 1 aliphatic rings. The fourth-order valence-corrected chi connectivity index (χ4v) is 4.96. The second-order valence-corrected chi connectivity index (χ2v) is 16.0. The standard InChI is InChI=1S/C36H52N2O2.C2H4O2.Co/c1-33(2,3)25-17-23(31(39)27(19-25)35(7,8)9)21-37-29-15-13-14-16-30(29)38-22-24-18-26(34(4,5)6)20-28(32(24)40)36(10,11)12;1-2(3)4;/h15-22,29-30,39-40H,13-14H2,1-12H3;1H3,(H,3,4);. The fourth-order valence-electron chi connectivity index (χ4n) is 4.96. The minimum absolute atomic E-state index is 0. The third-order valence-corrected chi connectivity index (χ3v) is 7.73. The molecular weight excluding hydrogens is 607 g/mol. The third kappa shape index (κ3) is 11.6. The topological polar surface area (TPSA) is 102 Å². The average Bonchev–Trinajstić information content (AvgIpc) is 2.84. The van der Waals surface area contributed by atoms with E-state index in [-0.39, 0.29) is 50.5 Å². The molecule has 3 radical (unpaired) electrons. The molecule has 0 spiro atoms. The number of hydrogen-bond acceptors (Lipinski definition) is 5. The van der Waals surface area contributed by atoms with E-state index >= 15 is 0 Å². The molecule has 2 atom stereocenters. The van der Waals surface area contributed by atoms with Crippen LogP contribution in [0.25, 0.3) is 0 Å². The van der Waals surface area contributed by atoms with Crippen LogP contribution >= 0.6 is 0 Å². The van der Waals surface area contributed by atoms with E-state index in [1.165, 1.54) is 11.1 Å². The molecule has 2 aromatic rings. The fraction of sp³-hybridized carbons (Fsp3) is 0.553. The third-order valence-electron chi connectivity index (χ3n) is 7.73. The Morgan fingerprint density at radius 2 is 0.933 bits per heavy atom. The first-order chi connectivity index (χ1) is 19.9. The number of aliphatic imine (C=N–C) groups is 2. The summed E-state index contributed by atoms with van der Waals surface area (Å²) in [6.07, 6.45) is 9.93. The van der Waals surface area contributed by atoms with Crippen molar-refractivity contribution in [3.05, 3.63) is 70.5 Å². The molecule has 1 fully saturated rings. The van der Waals surface area contributed by atoms with Crippen molar-refractivity contribution < 1.29 is 36.9 Å². The van der Waals surface area contributed by atoms with Gasteiger partial charge in [0.05, 0.1) is 12.1 Å². The van der Waals surface area contributed by atoms with Crippen LogP contribution in [0.5, 0.6) is 11.5 Å². The molecule has 251 valence electrons. The molecule has 6 nitrogen and oxygen atoms in total. The van der Waals surface area contributed by atoms with Crippen LogP contribution in [0.1, 0.15) is 136 Å². The average molecular weight is 664 g/mol. The number of benzene rings is 2. The van der Waals surface area contributed by atoms with Crippen LogP contribution in [0.2, 0.25) is 0 Å². The maximum absolute atomic E-state index is 11.2. The minimum Gasteiger partial charge on any atom is -0.507 e. The van der Waals surface area contributed by atoms with Crippen LogP contribution in [0.15, 0.2) is 34.3 Å². The summed E-state index contributed by atoms with van der Waals surface area (Å²) < 4.78 is 0. The zero-order valence-electron chi connectivity index (χ0n) is 29.7. The van der Waals surface area contributed by atoms with Crippen LogP contribution in [0.4, 0.5) is 0 Å². The quantitative estimate of drug-likeness (QED) is 0.285. The van der Waals surface area contributed by atoms with Gasteiger partial charge in [0, 0.05) is 58.4 Å². The van der Waals surface area contributed by atoms with Gasteiger partial charge in [-0.2, -0.15) is 0 Å². The number of rotatable bonds is 4. The Hall–Kier alpha value is -2.64. The van der Waals surface area contributed by atoms with E-state index in [1.807, 2.05) is 12.4 Å². The van der Waals surface area contributed by atoms with Gasteiger partial charge in [-0.1, -0.05) is 95.2 Å². The number of hydrogen-bond donors (Lipinski definition) is 3. The Bertz CT molecular complexity index is 1260. The van der Waals surface area contributed by atoms with Gasteiger partial charge in [-0.05, 0) is 70.6 Å². The predicted molar refractivity (Wildman–Crippen MR) is 185 cm³/mol. The molecular formula is C38H56CoN2O4. The number of carboxylic acid groups (broad SMARTS) is 1. The maximum Gasteiger partial charge on any atom is 0.300 e. The number of carboxylic acids is 1. The molecule has 45 heavy (non-hydrogen) atoms. The zero-order chi connectivity index (χ0) is 33.8. The van der Waals surface area contributed by atoms with Gasteiger partial charge in [0.15, 0.2) is 0 Å². The summed E-state index contributed by atoms with van der Waals surface area (Å²) >= 11 is 0. The molecule has 0 saturated heterocycles. The van der Waals surface area contributed by atoms with Gasteiger partial charge in [0.1, 0.15) is 11.5 Å². The van der Waals surface area contributed by atoms with Crippen LogP contribution in [-0.4, -0.2) is 45.8 Å². The Balaban J connectivity index is 0.00000191. The van der Waals surface area contributed by atoms with Crippen molar-refractivity contribution in [1.82, 2.24) is 0 Å². The number of carbonyl (C=O) groups is 1. The SMILES string of the molecule is CC(=O)O.CC(C)(C)c1cc(C=NC2[CH]CC[CH]C2N=Cc2cc(C(C)(C)C)cc(C(C)(C)C)c2O)c(O)c(C(C)(C)C)c1.[Co]. The smallest absolute Gasteiger partial charge is 0.300 e. The summed E-state index contributed by atoms with van der Waals surface area (Å²) in [5.41, 5.74) is 5.20. The van der Waals surface area contributed by atoms with Gasteiger partial charge >= 0.3 is 0 Å². The monoisotopic (exact) mass is 663 g/mol. The summed E-state index contributed by atoms with van der Waals surface area (Å²) in [6.45, 7) is 27.0. The second-order valence-electron chi connectivity index (χ2n) is 16.0. The van der Waals surface area contributed by atoms with Gasteiger partial charge in [-0.25, -0.2) is 0 Å². The largest absolute Gasteiger partial charge is 0.507 e. The van der Waals surface area contributed by atoms with Crippen molar-refractivity contribution >= 4 is 18.4 Å². The number of aromatic hydroxyl groups is 2. The van der Waals surface area contributed by atoms with E-state index in [0.717, 1.165) is 42.0 Å². The number of nitrogens with zero attached hydrogens (tertiary/aromatic N) is 2. The van der Waals surface area contributed by atoms with Crippen LogP contribution in [0, 0.1) is 12.8 Å². The summed E-state index contributed by atoms with van der Waals surface area (Å²) in [5.74, 6) is -0.245. The number of aliphatic carboxylic acids is 1. The van der Waals surface area contributed by atoms with Gasteiger partial charge in [0.2, 0.25) is 0 Å². The molecule has 1 saturated carbocycles. The van der Waals surface area contributed by atoms with Crippen molar-refractivity contribution in [2.45, 2.75) is 137 Å². The molecule has 1 aliphatic carbocycles. The van der Waals surface area contributed by atoms with Crippen LogP contribution < -0.4 is 0 Å². The van der Waals surface area contributed by atoms with E-state index in [0.29, 0.717) is 11.5 Å². The Labute approximate surface area is 283 Å². The molecule has 2 aromatic carbocycles. The van der Waals surface area contributed by atoms with E-state index in [1.54, 1.807) is 0 Å². The first-order valence-electron chi connectivity index (χ1n) is 15.6. The first kappa shape index (κ1) is 40.4. The van der Waals surface area contributed by atoms with Crippen molar-refractivity contribution in [1.29, 1.82) is 0 Å². The molecule has 3 N–H and O–H groups in total. The normalized spacial score (nSPS) is 18.0. The predicted octanol–water partition coefficient (Wildman–Crippen LogP) is 8.85. The minimum atomic E-state index is -0.833. The number of phenolic OH excluding ortho intramolecular Hbond substituents is 2. The first-order valence-corrected chi connectivity index (χ1v) is 15.6. The van der Waals surface area contributed by atoms with E-state index in [2.05, 4.69) is 120 Å². The molecule has 0 aromatic heterocycles. The van der Waals surface area contributed by atoms with Crippen LogP contribution in [-0.2, 0) is 43.2 Å². The summed E-state index contributed by atoms with van der Waals surface area (Å²) in [5, 5.41) is 29.8. The Kier molecular flexibility index (Phi) is 13.7. The van der Waals surface area contributed by atoms with E-state index < -0.39 is 5.97 Å². The summed E-state index contributed by atoms with van der Waals surface area (Å²) in [4.78, 5) is 18.9. The zero-order valence-corrected chi connectivity index (χ0v) is 30.7. The van der Waals surface area contributed by atoms with E-state index in [4.69, 9.17) is 19.9 Å². The van der Waals surface area contributed by atoms with Crippen molar-refractivity contribution in [3.63, 3.8) is 0 Å². The van der Waals surface area contributed by atoms with Gasteiger partial charge in [0.25, 0.3) is 5.97 Å². The Morgan fingerprint density at radius 1 is 0.644 bits per heavy atom. The molecule has 0 heterocycles. The maximum atomic E-state index is 11.2. The summed E-state index contributed by atoms with van der Waals surface area (Å²) in [6, 6.07) is 8.09. The van der Waals surface area contributed by atoms with Crippen molar-refractivity contribution in [2.75, 3.05) is 0 Å². The summed E-state index contributed by atoms with van der Waals surface area (Å²) in [7, 11) is 0.